The maximum atomic E-state index is 9.65. The topological polar surface area (TPSA) is 85.1 Å². The predicted molar refractivity (Wildman–Crippen MR) is 63.1 cm³/mol. The summed E-state index contributed by atoms with van der Waals surface area (Å²) < 4.78 is 14.6. The van der Waals surface area contributed by atoms with Crippen molar-refractivity contribution >= 4 is 17.5 Å². The van der Waals surface area contributed by atoms with Crippen molar-refractivity contribution in [3.8, 4) is 5.88 Å². The molecule has 17 heavy (non-hydrogen) atoms. The van der Waals surface area contributed by atoms with Crippen LogP contribution in [0.4, 0.5) is 5.82 Å². The number of rotatable bonds is 6. The van der Waals surface area contributed by atoms with E-state index in [0.717, 1.165) is 17.5 Å². The number of aromatic nitrogens is 4. The lowest BCUT2D eigenvalue weighted by molar-refractivity contribution is 0.115. The van der Waals surface area contributed by atoms with E-state index in [1.165, 1.54) is 6.20 Å². The number of nitrogens with zero attached hydrogens (tertiary/aromatic N) is 4. The monoisotopic (exact) mass is 255 g/mol. The van der Waals surface area contributed by atoms with Crippen molar-refractivity contribution in [1.82, 2.24) is 18.5 Å². The van der Waals surface area contributed by atoms with Gasteiger partial charge in [-0.3, -0.25) is 4.68 Å². The van der Waals surface area contributed by atoms with Crippen molar-refractivity contribution in [1.29, 1.82) is 0 Å². The van der Waals surface area contributed by atoms with E-state index in [4.69, 9.17) is 4.74 Å². The van der Waals surface area contributed by atoms with Crippen molar-refractivity contribution in [3.63, 3.8) is 0 Å². The van der Waals surface area contributed by atoms with Crippen molar-refractivity contribution in [2.24, 2.45) is 7.05 Å². The highest BCUT2D eigenvalue weighted by atomic mass is 32.1. The fraction of sp³-hybridized carbons (Fsp3) is 0.444. The molecule has 0 radical (unpaired) electrons. The molecule has 2 aromatic rings. The summed E-state index contributed by atoms with van der Waals surface area (Å²) in [7, 11) is 1.83. The lowest BCUT2D eigenvalue weighted by atomic mass is 10.4. The summed E-state index contributed by atoms with van der Waals surface area (Å²) >= 11 is 1.07. The Morgan fingerprint density at radius 3 is 3.18 bits per heavy atom. The van der Waals surface area contributed by atoms with Crippen LogP contribution in [0.5, 0.6) is 5.88 Å². The van der Waals surface area contributed by atoms with Gasteiger partial charge in [0, 0.05) is 25.9 Å². The maximum Gasteiger partial charge on any atom is 0.245 e. The van der Waals surface area contributed by atoms with Crippen LogP contribution in [-0.2, 0) is 7.05 Å². The first-order valence-corrected chi connectivity index (χ1v) is 5.79. The molecule has 92 valence electrons. The summed E-state index contributed by atoms with van der Waals surface area (Å²) in [6, 6.07) is 1.83. The summed E-state index contributed by atoms with van der Waals surface area (Å²) in [5, 5.41) is 16.8. The largest absolute Gasteiger partial charge is 0.473 e. The molecule has 2 N–H and O–H groups in total. The molecule has 8 heteroatoms. The molecule has 0 aliphatic rings. The van der Waals surface area contributed by atoms with Gasteiger partial charge >= 0.3 is 0 Å². The molecule has 0 aliphatic heterocycles. The molecule has 2 heterocycles. The molecular formula is C9H13N5O2S. The Morgan fingerprint density at radius 2 is 2.53 bits per heavy atom. The van der Waals surface area contributed by atoms with Gasteiger partial charge < -0.3 is 15.2 Å². The van der Waals surface area contributed by atoms with Gasteiger partial charge in [-0.05, 0) is 0 Å². The van der Waals surface area contributed by atoms with E-state index in [0.29, 0.717) is 12.4 Å². The van der Waals surface area contributed by atoms with Crippen molar-refractivity contribution < 1.29 is 9.84 Å². The van der Waals surface area contributed by atoms with Gasteiger partial charge in [-0.15, -0.1) is 4.37 Å². The Bertz CT molecular complexity index is 444. The normalized spacial score (nSPS) is 12.4. The lowest BCUT2D eigenvalue weighted by Gasteiger charge is -2.11. The van der Waals surface area contributed by atoms with Gasteiger partial charge in [0.2, 0.25) is 5.88 Å². The molecule has 2 rings (SSSR count). The molecule has 7 nitrogen and oxygen atoms in total. The van der Waals surface area contributed by atoms with Crippen molar-refractivity contribution in [2.45, 2.75) is 6.10 Å². The first-order chi connectivity index (χ1) is 8.24. The summed E-state index contributed by atoms with van der Waals surface area (Å²) in [5.41, 5.74) is 0. The quantitative estimate of drug-likeness (QED) is 0.763. The van der Waals surface area contributed by atoms with Gasteiger partial charge in [0.05, 0.1) is 11.7 Å². The number of aliphatic hydroxyl groups is 1. The first-order valence-electron chi connectivity index (χ1n) is 5.06. The smallest absolute Gasteiger partial charge is 0.245 e. The van der Waals surface area contributed by atoms with Gasteiger partial charge in [-0.1, -0.05) is 0 Å². The van der Waals surface area contributed by atoms with Gasteiger partial charge in [0.15, 0.2) is 0 Å². The molecule has 0 fully saturated rings. The van der Waals surface area contributed by atoms with E-state index < -0.39 is 6.10 Å². The molecule has 0 spiro atoms. The zero-order chi connectivity index (χ0) is 12.1. The minimum atomic E-state index is -0.626. The fourth-order valence-electron chi connectivity index (χ4n) is 1.19. The van der Waals surface area contributed by atoms with Crippen LogP contribution in [0.2, 0.25) is 0 Å². The van der Waals surface area contributed by atoms with Crippen LogP contribution in [0.1, 0.15) is 0 Å². The van der Waals surface area contributed by atoms with Gasteiger partial charge in [0.1, 0.15) is 24.7 Å². The highest BCUT2D eigenvalue weighted by molar-refractivity contribution is 6.99. The summed E-state index contributed by atoms with van der Waals surface area (Å²) in [6.07, 6.45) is 2.72. The van der Waals surface area contributed by atoms with Crippen molar-refractivity contribution in [2.75, 3.05) is 18.5 Å². The van der Waals surface area contributed by atoms with E-state index in [9.17, 15) is 5.11 Å². The second kappa shape index (κ2) is 5.60. The summed E-state index contributed by atoms with van der Waals surface area (Å²) in [4.78, 5) is 0. The molecule has 0 saturated heterocycles. The number of anilines is 1. The highest BCUT2D eigenvalue weighted by Crippen LogP contribution is 2.06. The highest BCUT2D eigenvalue weighted by Gasteiger charge is 2.07. The molecule has 2 aromatic heterocycles. The number of hydrogen-bond donors (Lipinski definition) is 2. The Balaban J connectivity index is 1.69. The SMILES string of the molecule is Cn1ccc(NCC(O)COc2cnsn2)n1. The van der Waals surface area contributed by atoms with Gasteiger partial charge in [-0.25, -0.2) is 0 Å². The van der Waals surface area contributed by atoms with E-state index in [1.807, 2.05) is 19.3 Å². The fourth-order valence-corrected chi connectivity index (χ4v) is 1.56. The third-order valence-electron chi connectivity index (χ3n) is 2.00. The van der Waals surface area contributed by atoms with E-state index >= 15 is 0 Å². The van der Waals surface area contributed by atoms with Crippen LogP contribution in [0.25, 0.3) is 0 Å². The van der Waals surface area contributed by atoms with E-state index in [2.05, 4.69) is 19.2 Å². The number of hydrogen-bond acceptors (Lipinski definition) is 7. The average molecular weight is 255 g/mol. The Labute approximate surface area is 102 Å². The van der Waals surface area contributed by atoms with E-state index in [1.54, 1.807) is 4.68 Å². The third kappa shape index (κ3) is 3.68. The second-order valence-corrected chi connectivity index (χ2v) is 4.02. The van der Waals surface area contributed by atoms with Gasteiger partial charge in [-0.2, -0.15) is 9.47 Å². The van der Waals surface area contributed by atoms with Crippen LogP contribution in [0.15, 0.2) is 18.5 Å². The molecule has 0 bridgehead atoms. The average Bonchev–Trinajstić information content (AvgIpc) is 2.95. The molecular weight excluding hydrogens is 242 g/mol. The number of aryl methyl sites for hydroxylation is 1. The van der Waals surface area contributed by atoms with Crippen LogP contribution >= 0.6 is 11.7 Å². The zero-order valence-electron chi connectivity index (χ0n) is 9.28. The molecule has 0 amide bonds. The predicted octanol–water partition coefficient (Wildman–Crippen LogP) is 0.123. The summed E-state index contributed by atoms with van der Waals surface area (Å²) in [6.45, 7) is 0.541. The second-order valence-electron chi connectivity index (χ2n) is 3.47. The Hall–Kier alpha value is -1.67. The van der Waals surface area contributed by atoms with Crippen LogP contribution < -0.4 is 10.1 Å². The van der Waals surface area contributed by atoms with E-state index in [-0.39, 0.29) is 6.61 Å². The number of ether oxygens (including phenoxy) is 1. The molecule has 0 saturated carbocycles. The maximum absolute atomic E-state index is 9.65. The molecule has 1 unspecified atom stereocenters. The molecule has 0 aliphatic carbocycles. The first kappa shape index (κ1) is 11.8. The standard InChI is InChI=1S/C9H13N5O2S/c1-14-3-2-8(12-14)10-4-7(15)6-16-9-5-11-17-13-9/h2-3,5,7,15H,4,6H2,1H3,(H,10,12). The molecule has 0 aromatic carbocycles. The zero-order valence-corrected chi connectivity index (χ0v) is 10.1. The lowest BCUT2D eigenvalue weighted by Crippen LogP contribution is -2.26. The third-order valence-corrected chi connectivity index (χ3v) is 2.46. The van der Waals surface area contributed by atoms with Crippen LogP contribution in [-0.4, -0.2) is 42.9 Å². The molecule has 1 atom stereocenters. The van der Waals surface area contributed by atoms with Crippen LogP contribution in [0.3, 0.4) is 0 Å². The number of aliphatic hydroxyl groups excluding tert-OH is 1. The summed E-state index contributed by atoms with van der Waals surface area (Å²) in [5.74, 6) is 1.16. The minimum absolute atomic E-state index is 0.172. The Morgan fingerprint density at radius 1 is 1.65 bits per heavy atom. The van der Waals surface area contributed by atoms with Gasteiger partial charge in [0.25, 0.3) is 0 Å². The Kier molecular flexibility index (Phi) is 3.89. The van der Waals surface area contributed by atoms with Crippen LogP contribution in [0, 0.1) is 0 Å². The van der Waals surface area contributed by atoms with Crippen molar-refractivity contribution in [3.05, 3.63) is 18.5 Å². The number of nitrogens with one attached hydrogen (secondary N) is 1. The minimum Gasteiger partial charge on any atom is -0.473 e.